The van der Waals surface area contributed by atoms with Crippen LogP contribution in [0.4, 0.5) is 17.1 Å². The number of aryl methyl sites for hydroxylation is 1. The Morgan fingerprint density at radius 3 is 2.06 bits per heavy atom. The summed E-state index contributed by atoms with van der Waals surface area (Å²) in [6, 6.07) is 17.1. The second kappa shape index (κ2) is 5.58. The summed E-state index contributed by atoms with van der Waals surface area (Å²) < 4.78 is 0. The predicted octanol–water partition coefficient (Wildman–Crippen LogP) is 4.56. The van der Waals surface area contributed by atoms with Crippen molar-refractivity contribution in [3.05, 3.63) is 54.1 Å². The van der Waals surface area contributed by atoms with Gasteiger partial charge in [0.2, 0.25) is 0 Å². The molecule has 0 unspecified atom stereocenters. The van der Waals surface area contributed by atoms with Crippen molar-refractivity contribution in [1.82, 2.24) is 0 Å². The normalized spacial score (nSPS) is 10.4. The van der Waals surface area contributed by atoms with Crippen LogP contribution in [0, 0.1) is 6.92 Å². The molecule has 0 aliphatic heterocycles. The maximum Gasteiger partial charge on any atom is 0.0413 e. The molecule has 2 heteroatoms. The van der Waals surface area contributed by atoms with Crippen molar-refractivity contribution in [2.75, 3.05) is 10.6 Å². The van der Waals surface area contributed by atoms with Gasteiger partial charge in [0.25, 0.3) is 0 Å². The van der Waals surface area contributed by atoms with Gasteiger partial charge in [-0.05, 0) is 56.7 Å². The third-order valence-electron chi connectivity index (χ3n) is 2.76. The molecule has 0 saturated carbocycles. The van der Waals surface area contributed by atoms with Crippen molar-refractivity contribution in [3.8, 4) is 0 Å². The van der Waals surface area contributed by atoms with Crippen molar-refractivity contribution >= 4 is 17.1 Å². The minimum Gasteiger partial charge on any atom is -0.383 e. The average Bonchev–Trinajstić information content (AvgIpc) is 2.34. The monoisotopic (exact) mass is 240 g/mol. The zero-order valence-electron chi connectivity index (χ0n) is 11.2. The molecular formula is C16H20N2. The van der Waals surface area contributed by atoms with Crippen LogP contribution in [0.25, 0.3) is 0 Å². The Hall–Kier alpha value is -1.96. The molecule has 0 radical (unpaired) electrons. The molecular weight excluding hydrogens is 220 g/mol. The molecule has 0 aliphatic carbocycles. The molecule has 2 N–H and O–H groups in total. The Morgan fingerprint density at radius 2 is 1.44 bits per heavy atom. The van der Waals surface area contributed by atoms with Crippen LogP contribution >= 0.6 is 0 Å². The highest BCUT2D eigenvalue weighted by atomic mass is 14.9. The van der Waals surface area contributed by atoms with Gasteiger partial charge in [-0.2, -0.15) is 0 Å². The standard InChI is InChI=1S/C16H20N2/c1-12(2)17-14-8-10-15(11-9-14)18-16-7-5-4-6-13(16)3/h4-12,17-18H,1-3H3. The highest BCUT2D eigenvalue weighted by molar-refractivity contribution is 5.64. The molecule has 2 aromatic carbocycles. The van der Waals surface area contributed by atoms with Gasteiger partial charge in [-0.1, -0.05) is 18.2 Å². The minimum atomic E-state index is 0.458. The topological polar surface area (TPSA) is 24.1 Å². The summed E-state index contributed by atoms with van der Waals surface area (Å²) >= 11 is 0. The molecule has 94 valence electrons. The fourth-order valence-electron chi connectivity index (χ4n) is 1.85. The Balaban J connectivity index is 2.09. The van der Waals surface area contributed by atoms with Crippen LogP contribution in [0.15, 0.2) is 48.5 Å². The van der Waals surface area contributed by atoms with Crippen molar-refractivity contribution in [2.24, 2.45) is 0 Å². The summed E-state index contributed by atoms with van der Waals surface area (Å²) in [7, 11) is 0. The zero-order chi connectivity index (χ0) is 13.0. The molecule has 0 atom stereocenters. The Morgan fingerprint density at radius 1 is 0.833 bits per heavy atom. The predicted molar refractivity (Wildman–Crippen MR) is 79.7 cm³/mol. The van der Waals surface area contributed by atoms with Gasteiger partial charge in [-0.3, -0.25) is 0 Å². The maximum atomic E-state index is 3.42. The van der Waals surface area contributed by atoms with Gasteiger partial charge in [0.05, 0.1) is 0 Å². The molecule has 0 bridgehead atoms. The summed E-state index contributed by atoms with van der Waals surface area (Å²) in [6.07, 6.45) is 0. The number of benzene rings is 2. The molecule has 0 saturated heterocycles. The highest BCUT2D eigenvalue weighted by Crippen LogP contribution is 2.21. The first-order valence-corrected chi connectivity index (χ1v) is 6.34. The van der Waals surface area contributed by atoms with Crippen LogP contribution in [0.1, 0.15) is 19.4 Å². The number of hydrogen-bond acceptors (Lipinski definition) is 2. The first kappa shape index (κ1) is 12.5. The molecule has 0 amide bonds. The molecule has 0 aliphatic rings. The highest BCUT2D eigenvalue weighted by Gasteiger charge is 1.99. The smallest absolute Gasteiger partial charge is 0.0413 e. The first-order chi connectivity index (χ1) is 8.65. The van der Waals surface area contributed by atoms with Crippen LogP contribution in [-0.4, -0.2) is 6.04 Å². The third-order valence-corrected chi connectivity index (χ3v) is 2.76. The van der Waals surface area contributed by atoms with E-state index in [1.165, 1.54) is 5.56 Å². The van der Waals surface area contributed by atoms with E-state index in [0.717, 1.165) is 17.1 Å². The zero-order valence-corrected chi connectivity index (χ0v) is 11.2. The Kier molecular flexibility index (Phi) is 3.88. The molecule has 0 heterocycles. The molecule has 2 aromatic rings. The number of rotatable bonds is 4. The Labute approximate surface area is 109 Å². The second-order valence-corrected chi connectivity index (χ2v) is 4.82. The summed E-state index contributed by atoms with van der Waals surface area (Å²) in [6.45, 7) is 6.38. The van der Waals surface area contributed by atoms with Gasteiger partial charge in [0.15, 0.2) is 0 Å². The van der Waals surface area contributed by atoms with E-state index in [0.29, 0.717) is 6.04 Å². The summed E-state index contributed by atoms with van der Waals surface area (Å²) in [5.74, 6) is 0. The summed E-state index contributed by atoms with van der Waals surface area (Å²) in [5, 5.41) is 6.80. The van der Waals surface area contributed by atoms with Gasteiger partial charge in [-0.25, -0.2) is 0 Å². The number of anilines is 3. The quantitative estimate of drug-likeness (QED) is 0.818. The second-order valence-electron chi connectivity index (χ2n) is 4.82. The molecule has 2 rings (SSSR count). The van der Waals surface area contributed by atoms with Crippen LogP contribution in [0.2, 0.25) is 0 Å². The average molecular weight is 240 g/mol. The van der Waals surface area contributed by atoms with E-state index in [-0.39, 0.29) is 0 Å². The molecule has 0 fully saturated rings. The minimum absolute atomic E-state index is 0.458. The van der Waals surface area contributed by atoms with E-state index >= 15 is 0 Å². The molecule has 18 heavy (non-hydrogen) atoms. The largest absolute Gasteiger partial charge is 0.383 e. The van der Waals surface area contributed by atoms with Crippen molar-refractivity contribution in [3.63, 3.8) is 0 Å². The van der Waals surface area contributed by atoms with Gasteiger partial charge < -0.3 is 10.6 Å². The van der Waals surface area contributed by atoms with E-state index in [1.807, 2.05) is 6.07 Å². The van der Waals surface area contributed by atoms with Crippen molar-refractivity contribution in [1.29, 1.82) is 0 Å². The molecule has 0 spiro atoms. The van der Waals surface area contributed by atoms with Gasteiger partial charge in [0.1, 0.15) is 0 Å². The van der Waals surface area contributed by atoms with Crippen molar-refractivity contribution in [2.45, 2.75) is 26.8 Å². The lowest BCUT2D eigenvalue weighted by molar-refractivity contribution is 0.900. The lowest BCUT2D eigenvalue weighted by Crippen LogP contribution is -2.09. The van der Waals surface area contributed by atoms with Crippen LogP contribution in [0.3, 0.4) is 0 Å². The van der Waals surface area contributed by atoms with E-state index < -0.39 is 0 Å². The van der Waals surface area contributed by atoms with Crippen LogP contribution in [-0.2, 0) is 0 Å². The van der Waals surface area contributed by atoms with E-state index in [1.54, 1.807) is 0 Å². The van der Waals surface area contributed by atoms with E-state index in [2.05, 4.69) is 73.9 Å². The number of hydrogen-bond donors (Lipinski definition) is 2. The third kappa shape index (κ3) is 3.27. The van der Waals surface area contributed by atoms with E-state index in [9.17, 15) is 0 Å². The van der Waals surface area contributed by atoms with Gasteiger partial charge in [0, 0.05) is 23.1 Å². The number of para-hydroxylation sites is 1. The van der Waals surface area contributed by atoms with Crippen molar-refractivity contribution < 1.29 is 0 Å². The number of nitrogens with one attached hydrogen (secondary N) is 2. The fourth-order valence-corrected chi connectivity index (χ4v) is 1.85. The summed E-state index contributed by atoms with van der Waals surface area (Å²) in [4.78, 5) is 0. The molecule has 2 nitrogen and oxygen atoms in total. The van der Waals surface area contributed by atoms with E-state index in [4.69, 9.17) is 0 Å². The SMILES string of the molecule is Cc1ccccc1Nc1ccc(NC(C)C)cc1. The summed E-state index contributed by atoms with van der Waals surface area (Å²) in [5.41, 5.74) is 4.67. The Bertz CT molecular complexity index is 501. The van der Waals surface area contributed by atoms with Gasteiger partial charge in [-0.15, -0.1) is 0 Å². The maximum absolute atomic E-state index is 3.42. The lowest BCUT2D eigenvalue weighted by Gasteiger charge is -2.12. The van der Waals surface area contributed by atoms with Crippen LogP contribution < -0.4 is 10.6 Å². The lowest BCUT2D eigenvalue weighted by atomic mass is 10.2. The molecule has 0 aromatic heterocycles. The van der Waals surface area contributed by atoms with Gasteiger partial charge >= 0.3 is 0 Å². The fraction of sp³-hybridized carbons (Fsp3) is 0.250. The first-order valence-electron chi connectivity index (χ1n) is 6.34. The van der Waals surface area contributed by atoms with Crippen LogP contribution in [0.5, 0.6) is 0 Å².